The normalized spacial score (nSPS) is 12.2. The molecule has 2 unspecified atom stereocenters. The summed E-state index contributed by atoms with van der Waals surface area (Å²) in [6, 6.07) is 23.5. The van der Waals surface area contributed by atoms with Gasteiger partial charge in [0.1, 0.15) is 23.0 Å². The molecule has 0 N–H and O–H groups in total. The summed E-state index contributed by atoms with van der Waals surface area (Å²) >= 11 is 0. The Kier molecular flexibility index (Phi) is 12.1. The molecule has 4 aromatic carbocycles. The predicted octanol–water partition coefficient (Wildman–Crippen LogP) is 9.73. The monoisotopic (exact) mass is 622 g/mol. The van der Waals surface area contributed by atoms with Gasteiger partial charge in [0.15, 0.2) is 0 Å². The molecule has 4 rings (SSSR count). The number of rotatable bonds is 15. The lowest BCUT2D eigenvalue weighted by atomic mass is 10.0. The Hall–Kier alpha value is -4.91. The van der Waals surface area contributed by atoms with Crippen molar-refractivity contribution in [2.75, 3.05) is 0 Å². The number of hydrogen-bond donors (Lipinski definition) is 0. The Bertz CT molecular complexity index is 1530. The third kappa shape index (κ3) is 10.1. The molecule has 0 saturated heterocycles. The molecule has 0 radical (unpaired) electrons. The maximum atomic E-state index is 12.8. The molecule has 0 aliphatic rings. The first-order valence-electron chi connectivity index (χ1n) is 15.9. The highest BCUT2D eigenvalue weighted by atomic mass is 16.5. The van der Waals surface area contributed by atoms with Gasteiger partial charge in [-0.05, 0) is 108 Å². The molecule has 7 nitrogen and oxygen atoms in total. The Morgan fingerprint density at radius 1 is 0.565 bits per heavy atom. The molecule has 0 bridgehead atoms. The average Bonchev–Trinajstić information content (AvgIpc) is 3.06. The molecule has 0 heterocycles. The maximum absolute atomic E-state index is 12.8. The van der Waals surface area contributed by atoms with E-state index in [1.807, 2.05) is 12.1 Å². The summed E-state index contributed by atoms with van der Waals surface area (Å²) in [5, 5.41) is 1.61. The zero-order chi connectivity index (χ0) is 33.1. The Morgan fingerprint density at radius 3 is 1.48 bits per heavy atom. The van der Waals surface area contributed by atoms with E-state index in [1.165, 1.54) is 0 Å². The highest BCUT2D eigenvalue weighted by molar-refractivity contribution is 5.94. The molecule has 2 atom stereocenters. The molecule has 0 spiro atoms. The van der Waals surface area contributed by atoms with Crippen molar-refractivity contribution in [3.05, 3.63) is 108 Å². The van der Waals surface area contributed by atoms with Crippen molar-refractivity contribution in [3.8, 4) is 23.0 Å². The molecule has 46 heavy (non-hydrogen) atoms. The number of fused-ring (bicyclic) bond motifs is 1. The third-order valence-electron chi connectivity index (χ3n) is 8.03. The minimum atomic E-state index is -0.553. The van der Waals surface area contributed by atoms with Gasteiger partial charge in [-0.1, -0.05) is 59.2 Å². The van der Waals surface area contributed by atoms with E-state index in [9.17, 15) is 14.4 Å². The number of carbonyl (C=O) groups excluding carboxylic acids is 3. The lowest BCUT2D eigenvalue weighted by Gasteiger charge is -2.12. The predicted molar refractivity (Wildman–Crippen MR) is 180 cm³/mol. The van der Waals surface area contributed by atoms with Gasteiger partial charge >= 0.3 is 17.9 Å². The van der Waals surface area contributed by atoms with Crippen molar-refractivity contribution in [3.63, 3.8) is 0 Å². The van der Waals surface area contributed by atoms with Crippen LogP contribution in [0.1, 0.15) is 86.9 Å². The van der Waals surface area contributed by atoms with E-state index in [2.05, 4.69) is 34.3 Å². The van der Waals surface area contributed by atoms with Crippen LogP contribution in [0.4, 0.5) is 0 Å². The first-order valence-corrected chi connectivity index (χ1v) is 15.9. The smallest absolute Gasteiger partial charge is 0.343 e. The second-order valence-electron chi connectivity index (χ2n) is 11.7. The summed E-state index contributed by atoms with van der Waals surface area (Å²) in [5.74, 6) is 2.09. The lowest BCUT2D eigenvalue weighted by molar-refractivity contribution is -0.134. The van der Waals surface area contributed by atoms with Crippen LogP contribution in [-0.2, 0) is 4.79 Å². The summed E-state index contributed by atoms with van der Waals surface area (Å²) in [6.45, 7) is 12.6. The van der Waals surface area contributed by atoms with Crippen molar-refractivity contribution < 1.29 is 33.3 Å². The summed E-state index contributed by atoms with van der Waals surface area (Å²) in [6.07, 6.45) is 5.05. The van der Waals surface area contributed by atoms with E-state index in [0.717, 1.165) is 42.9 Å². The van der Waals surface area contributed by atoms with Gasteiger partial charge in [-0.3, -0.25) is 4.79 Å². The maximum Gasteiger partial charge on any atom is 0.343 e. The zero-order valence-electron chi connectivity index (χ0n) is 27.0. The second kappa shape index (κ2) is 16.4. The molecule has 7 heteroatoms. The standard InChI is InChI=1S/C39H42O7/c1-6-26(3)8-10-28(5)43-33-17-13-30(14-18-33)38(41)45-35-21-11-29-12-22-36(25-32(29)24-35)46-39(42)31-15-19-34(20-16-31)44-37(40)23-9-27(4)7-2/h11-22,24-27H,5-10,23H2,1-4H3. The molecule has 0 aliphatic heterocycles. The van der Waals surface area contributed by atoms with Crippen LogP contribution >= 0.6 is 0 Å². The molecular weight excluding hydrogens is 580 g/mol. The van der Waals surface area contributed by atoms with Gasteiger partial charge in [-0.2, -0.15) is 0 Å². The summed E-state index contributed by atoms with van der Waals surface area (Å²) in [5.41, 5.74) is 0.696. The summed E-state index contributed by atoms with van der Waals surface area (Å²) in [7, 11) is 0. The van der Waals surface area contributed by atoms with Gasteiger partial charge in [-0.25, -0.2) is 9.59 Å². The molecule has 4 aromatic rings. The van der Waals surface area contributed by atoms with Crippen molar-refractivity contribution in [1.29, 1.82) is 0 Å². The van der Waals surface area contributed by atoms with E-state index >= 15 is 0 Å². The fourth-order valence-electron chi connectivity index (χ4n) is 4.56. The van der Waals surface area contributed by atoms with E-state index in [1.54, 1.807) is 72.8 Å². The highest BCUT2D eigenvalue weighted by Gasteiger charge is 2.14. The van der Waals surface area contributed by atoms with Crippen LogP contribution in [0.3, 0.4) is 0 Å². The van der Waals surface area contributed by atoms with Crippen LogP contribution in [0, 0.1) is 11.8 Å². The van der Waals surface area contributed by atoms with Gasteiger partial charge < -0.3 is 18.9 Å². The minimum absolute atomic E-state index is 0.297. The van der Waals surface area contributed by atoms with Gasteiger partial charge in [-0.15, -0.1) is 0 Å². The van der Waals surface area contributed by atoms with Crippen molar-refractivity contribution >= 4 is 28.7 Å². The molecule has 0 aromatic heterocycles. The lowest BCUT2D eigenvalue weighted by Crippen LogP contribution is -2.11. The van der Waals surface area contributed by atoms with Crippen LogP contribution in [0.2, 0.25) is 0 Å². The van der Waals surface area contributed by atoms with E-state index in [4.69, 9.17) is 18.9 Å². The van der Waals surface area contributed by atoms with Crippen LogP contribution < -0.4 is 18.9 Å². The SMILES string of the molecule is C=C(CCC(C)CC)Oc1ccc(C(=O)Oc2ccc3ccc(OC(=O)c4ccc(OC(=O)CCC(C)CC)cc4)cc3c2)cc1. The first kappa shape index (κ1) is 34.0. The van der Waals surface area contributed by atoms with E-state index < -0.39 is 11.9 Å². The quantitative estimate of drug-likeness (QED) is 0.0741. The average molecular weight is 623 g/mol. The minimum Gasteiger partial charge on any atom is -0.462 e. The van der Waals surface area contributed by atoms with Crippen LogP contribution in [0.5, 0.6) is 23.0 Å². The van der Waals surface area contributed by atoms with Gasteiger partial charge in [0.2, 0.25) is 0 Å². The zero-order valence-corrected chi connectivity index (χ0v) is 27.0. The van der Waals surface area contributed by atoms with Gasteiger partial charge in [0, 0.05) is 12.8 Å². The number of carbonyl (C=O) groups is 3. The van der Waals surface area contributed by atoms with Crippen LogP contribution in [0.15, 0.2) is 97.3 Å². The number of benzene rings is 4. The number of allylic oxidation sites excluding steroid dienone is 1. The molecule has 0 aliphatic carbocycles. The highest BCUT2D eigenvalue weighted by Crippen LogP contribution is 2.27. The van der Waals surface area contributed by atoms with E-state index in [0.29, 0.717) is 58.1 Å². The third-order valence-corrected chi connectivity index (χ3v) is 8.03. The van der Waals surface area contributed by atoms with E-state index in [-0.39, 0.29) is 5.97 Å². The molecule has 0 saturated carbocycles. The number of hydrogen-bond acceptors (Lipinski definition) is 7. The van der Waals surface area contributed by atoms with Crippen molar-refractivity contribution in [2.24, 2.45) is 11.8 Å². The fourth-order valence-corrected chi connectivity index (χ4v) is 4.56. The van der Waals surface area contributed by atoms with Crippen molar-refractivity contribution in [2.45, 2.75) is 66.2 Å². The van der Waals surface area contributed by atoms with Crippen LogP contribution in [0.25, 0.3) is 10.8 Å². The summed E-state index contributed by atoms with van der Waals surface area (Å²) in [4.78, 5) is 37.7. The molecule has 240 valence electrons. The van der Waals surface area contributed by atoms with Gasteiger partial charge in [0.05, 0.1) is 16.9 Å². The first-order chi connectivity index (χ1) is 22.1. The summed E-state index contributed by atoms with van der Waals surface area (Å²) < 4.78 is 22.4. The fraction of sp³-hybridized carbons (Fsp3) is 0.308. The largest absolute Gasteiger partial charge is 0.462 e. The van der Waals surface area contributed by atoms with Crippen molar-refractivity contribution in [1.82, 2.24) is 0 Å². The number of esters is 3. The number of ether oxygens (including phenoxy) is 4. The Morgan fingerprint density at radius 2 is 1.00 bits per heavy atom. The van der Waals surface area contributed by atoms with Crippen LogP contribution in [-0.4, -0.2) is 17.9 Å². The molecule has 0 amide bonds. The molecular formula is C39H42O7. The Labute approximate surface area is 271 Å². The molecule has 0 fully saturated rings. The van der Waals surface area contributed by atoms with Gasteiger partial charge in [0.25, 0.3) is 0 Å². The Balaban J connectivity index is 1.33. The topological polar surface area (TPSA) is 88.1 Å². The second-order valence-corrected chi connectivity index (χ2v) is 11.7.